The van der Waals surface area contributed by atoms with Crippen LogP contribution in [0, 0.1) is 0 Å². The largest absolute Gasteiger partial charge is 0.507 e. The summed E-state index contributed by atoms with van der Waals surface area (Å²) in [4.78, 5) is 0. The van der Waals surface area contributed by atoms with Crippen molar-refractivity contribution in [2.75, 3.05) is 14.2 Å². The first kappa shape index (κ1) is 10.9. The lowest BCUT2D eigenvalue weighted by Crippen LogP contribution is -1.92. The molecular weight excluding hydrogens is 228 g/mol. The summed E-state index contributed by atoms with van der Waals surface area (Å²) in [6, 6.07) is 6.80. The van der Waals surface area contributed by atoms with Gasteiger partial charge in [0.05, 0.1) is 24.6 Å². The molecule has 0 aromatic heterocycles. The molecule has 16 heavy (non-hydrogen) atoms. The second-order valence-corrected chi connectivity index (χ2v) is 3.70. The van der Waals surface area contributed by atoms with Gasteiger partial charge in [0.15, 0.2) is 11.5 Å². The summed E-state index contributed by atoms with van der Waals surface area (Å²) in [5.41, 5.74) is 0. The number of ether oxygens (including phenoxy) is 2. The van der Waals surface area contributed by atoms with Crippen LogP contribution in [0.1, 0.15) is 0 Å². The van der Waals surface area contributed by atoms with Crippen LogP contribution in [0.15, 0.2) is 24.3 Å². The quantitative estimate of drug-likeness (QED) is 0.873. The highest BCUT2D eigenvalue weighted by molar-refractivity contribution is 6.36. The van der Waals surface area contributed by atoms with Crippen molar-refractivity contribution in [2.45, 2.75) is 0 Å². The molecule has 0 radical (unpaired) electrons. The molecule has 2 rings (SSSR count). The molecule has 3 nitrogen and oxygen atoms in total. The molecule has 0 aliphatic carbocycles. The summed E-state index contributed by atoms with van der Waals surface area (Å²) in [5.74, 6) is 1.11. The van der Waals surface area contributed by atoms with Crippen LogP contribution in [0.2, 0.25) is 5.02 Å². The number of hydrogen-bond acceptors (Lipinski definition) is 3. The molecule has 0 saturated carbocycles. The molecule has 2 aromatic rings. The van der Waals surface area contributed by atoms with Crippen molar-refractivity contribution in [2.24, 2.45) is 0 Å². The molecule has 0 saturated heterocycles. The first-order valence-corrected chi connectivity index (χ1v) is 5.09. The van der Waals surface area contributed by atoms with Gasteiger partial charge in [0.25, 0.3) is 0 Å². The van der Waals surface area contributed by atoms with E-state index < -0.39 is 0 Å². The van der Waals surface area contributed by atoms with E-state index in [4.69, 9.17) is 21.1 Å². The van der Waals surface area contributed by atoms with Gasteiger partial charge in [-0.3, -0.25) is 0 Å². The fourth-order valence-corrected chi connectivity index (χ4v) is 1.97. The molecule has 0 fully saturated rings. The summed E-state index contributed by atoms with van der Waals surface area (Å²) in [7, 11) is 3.05. The number of benzene rings is 2. The Morgan fingerprint density at radius 3 is 2.56 bits per heavy atom. The molecule has 4 heteroatoms. The van der Waals surface area contributed by atoms with Crippen molar-refractivity contribution < 1.29 is 14.6 Å². The van der Waals surface area contributed by atoms with E-state index in [0.717, 1.165) is 5.39 Å². The molecular formula is C12H11ClO3. The van der Waals surface area contributed by atoms with E-state index in [1.807, 2.05) is 6.07 Å². The predicted molar refractivity (Wildman–Crippen MR) is 63.7 cm³/mol. The van der Waals surface area contributed by atoms with Crippen LogP contribution in [0.5, 0.6) is 17.2 Å². The van der Waals surface area contributed by atoms with Crippen molar-refractivity contribution in [3.8, 4) is 17.2 Å². The molecule has 0 spiro atoms. The lowest BCUT2D eigenvalue weighted by atomic mass is 10.1. The van der Waals surface area contributed by atoms with Gasteiger partial charge in [0.2, 0.25) is 0 Å². The van der Waals surface area contributed by atoms with E-state index in [9.17, 15) is 5.11 Å². The zero-order valence-corrected chi connectivity index (χ0v) is 9.71. The van der Waals surface area contributed by atoms with E-state index >= 15 is 0 Å². The Kier molecular flexibility index (Phi) is 2.79. The smallest absolute Gasteiger partial charge is 0.172 e. The van der Waals surface area contributed by atoms with Crippen LogP contribution in [-0.2, 0) is 0 Å². The van der Waals surface area contributed by atoms with Gasteiger partial charge >= 0.3 is 0 Å². The Morgan fingerprint density at radius 1 is 1.19 bits per heavy atom. The first-order valence-electron chi connectivity index (χ1n) is 4.71. The summed E-state index contributed by atoms with van der Waals surface area (Å²) in [6.07, 6.45) is 0. The topological polar surface area (TPSA) is 38.7 Å². The Balaban J connectivity index is 2.93. The number of rotatable bonds is 2. The molecule has 2 aromatic carbocycles. The summed E-state index contributed by atoms with van der Waals surface area (Å²) in [6.45, 7) is 0. The van der Waals surface area contributed by atoms with Crippen LogP contribution in [0.3, 0.4) is 0 Å². The van der Waals surface area contributed by atoms with Gasteiger partial charge in [0.1, 0.15) is 5.75 Å². The maximum atomic E-state index is 9.83. The molecule has 0 heterocycles. The maximum absolute atomic E-state index is 9.83. The van der Waals surface area contributed by atoms with Crippen LogP contribution in [0.25, 0.3) is 10.8 Å². The second kappa shape index (κ2) is 4.10. The molecule has 0 amide bonds. The minimum absolute atomic E-state index is 0.121. The van der Waals surface area contributed by atoms with Crippen molar-refractivity contribution in [3.63, 3.8) is 0 Å². The van der Waals surface area contributed by atoms with Gasteiger partial charge in [-0.1, -0.05) is 23.7 Å². The number of fused-ring (bicyclic) bond motifs is 1. The van der Waals surface area contributed by atoms with E-state index in [1.165, 1.54) is 14.2 Å². The molecule has 0 aliphatic rings. The normalized spacial score (nSPS) is 10.4. The van der Waals surface area contributed by atoms with Gasteiger partial charge in [-0.15, -0.1) is 0 Å². The molecule has 1 N–H and O–H groups in total. The summed E-state index contributed by atoms with van der Waals surface area (Å²) >= 11 is 6.10. The molecule has 84 valence electrons. The third-order valence-electron chi connectivity index (χ3n) is 2.43. The van der Waals surface area contributed by atoms with Crippen LogP contribution in [-0.4, -0.2) is 19.3 Å². The molecule has 0 atom stereocenters. The van der Waals surface area contributed by atoms with Gasteiger partial charge in [-0.05, 0) is 6.07 Å². The number of phenolic OH excluding ortho intramolecular Hbond substituents is 1. The average Bonchev–Trinajstić information content (AvgIpc) is 2.29. The van der Waals surface area contributed by atoms with Gasteiger partial charge in [-0.25, -0.2) is 0 Å². The highest BCUT2D eigenvalue weighted by atomic mass is 35.5. The number of phenols is 1. The average molecular weight is 239 g/mol. The lowest BCUT2D eigenvalue weighted by Gasteiger charge is -2.12. The lowest BCUT2D eigenvalue weighted by molar-refractivity contribution is 0.357. The third kappa shape index (κ3) is 1.53. The standard InChI is InChI=1S/C12H11ClO3/c1-15-10-6-8(13)7-4-3-5-9(14)11(7)12(10)16-2/h3-6,14H,1-2H3. The predicted octanol–water partition coefficient (Wildman–Crippen LogP) is 3.22. The summed E-state index contributed by atoms with van der Waals surface area (Å²) < 4.78 is 10.4. The SMILES string of the molecule is COc1cc(Cl)c2cccc(O)c2c1OC. The Labute approximate surface area is 98.2 Å². The zero-order chi connectivity index (χ0) is 11.7. The Hall–Kier alpha value is -1.61. The van der Waals surface area contributed by atoms with Gasteiger partial charge in [-0.2, -0.15) is 0 Å². The maximum Gasteiger partial charge on any atom is 0.172 e. The highest BCUT2D eigenvalue weighted by Gasteiger charge is 2.15. The monoisotopic (exact) mass is 238 g/mol. The second-order valence-electron chi connectivity index (χ2n) is 3.29. The fourth-order valence-electron chi connectivity index (χ4n) is 1.71. The number of methoxy groups -OCH3 is 2. The van der Waals surface area contributed by atoms with E-state index in [2.05, 4.69) is 0 Å². The van der Waals surface area contributed by atoms with E-state index in [-0.39, 0.29) is 5.75 Å². The number of aromatic hydroxyl groups is 1. The van der Waals surface area contributed by atoms with Crippen LogP contribution >= 0.6 is 11.6 Å². The van der Waals surface area contributed by atoms with Crippen molar-refractivity contribution in [1.29, 1.82) is 0 Å². The third-order valence-corrected chi connectivity index (χ3v) is 2.75. The fraction of sp³-hybridized carbons (Fsp3) is 0.167. The Morgan fingerprint density at radius 2 is 1.94 bits per heavy atom. The van der Waals surface area contributed by atoms with Crippen LogP contribution in [0.4, 0.5) is 0 Å². The van der Waals surface area contributed by atoms with Crippen molar-refractivity contribution in [3.05, 3.63) is 29.3 Å². The number of halogens is 1. The summed E-state index contributed by atoms with van der Waals surface area (Å²) in [5, 5.41) is 11.7. The van der Waals surface area contributed by atoms with Gasteiger partial charge < -0.3 is 14.6 Å². The van der Waals surface area contributed by atoms with E-state index in [0.29, 0.717) is 21.9 Å². The van der Waals surface area contributed by atoms with Gasteiger partial charge in [0, 0.05) is 11.5 Å². The molecule has 0 aliphatic heterocycles. The van der Waals surface area contributed by atoms with E-state index in [1.54, 1.807) is 18.2 Å². The first-order chi connectivity index (χ1) is 7.69. The highest BCUT2D eigenvalue weighted by Crippen LogP contribution is 2.43. The minimum Gasteiger partial charge on any atom is -0.507 e. The zero-order valence-electron chi connectivity index (χ0n) is 8.95. The number of hydrogen-bond donors (Lipinski definition) is 1. The van der Waals surface area contributed by atoms with Crippen LogP contribution < -0.4 is 9.47 Å². The van der Waals surface area contributed by atoms with Crippen molar-refractivity contribution in [1.82, 2.24) is 0 Å². The molecule has 0 unspecified atom stereocenters. The Bertz CT molecular complexity index is 537. The minimum atomic E-state index is 0.121. The van der Waals surface area contributed by atoms with Crippen molar-refractivity contribution >= 4 is 22.4 Å². The molecule has 0 bridgehead atoms.